The van der Waals surface area contributed by atoms with Crippen LogP contribution in [-0.2, 0) is 5.60 Å². The van der Waals surface area contributed by atoms with Gasteiger partial charge in [-0.15, -0.1) is 0 Å². The molecule has 4 rings (SSSR count). The Morgan fingerprint density at radius 1 is 1.06 bits per heavy atom. The lowest BCUT2D eigenvalue weighted by Crippen LogP contribution is -2.19. The molecule has 0 fully saturated rings. The fourth-order valence-corrected chi connectivity index (χ4v) is 3.91. The normalized spacial score (nSPS) is 12.9. The van der Waals surface area contributed by atoms with E-state index in [1.165, 1.54) is 6.07 Å². The van der Waals surface area contributed by atoms with Crippen LogP contribution < -0.4 is 5.32 Å². The largest absolute Gasteiger partial charge is 0.382 e. The van der Waals surface area contributed by atoms with Crippen molar-refractivity contribution in [2.45, 2.75) is 32.4 Å². The number of anilines is 1. The molecule has 6 nitrogen and oxygen atoms in total. The second-order valence-electron chi connectivity index (χ2n) is 8.60. The summed E-state index contributed by atoms with van der Waals surface area (Å²) >= 11 is 6.53. The number of rotatable bonds is 6. The quantitative estimate of drug-likeness (QED) is 0.336. The van der Waals surface area contributed by atoms with Crippen LogP contribution in [0.3, 0.4) is 0 Å². The van der Waals surface area contributed by atoms with Gasteiger partial charge in [0.2, 0.25) is 0 Å². The lowest BCUT2D eigenvalue weighted by molar-refractivity contribution is 0.0687. The summed E-state index contributed by atoms with van der Waals surface area (Å²) in [7, 11) is 1.68. The molecule has 2 aromatic carbocycles. The zero-order chi connectivity index (χ0) is 24.5. The Balaban J connectivity index is 1.73. The van der Waals surface area contributed by atoms with Crippen LogP contribution in [0.2, 0.25) is 5.02 Å². The Kier molecular flexibility index (Phi) is 6.59. The highest BCUT2D eigenvalue weighted by Gasteiger charge is 2.20. The van der Waals surface area contributed by atoms with Crippen molar-refractivity contribution in [3.8, 4) is 11.1 Å². The lowest BCUT2D eigenvalue weighted by Gasteiger charge is -2.20. The number of hydrogen-bond donors (Lipinski definition) is 2. The smallest absolute Gasteiger partial charge is 0.159 e. The number of pyridine rings is 1. The summed E-state index contributed by atoms with van der Waals surface area (Å²) in [6.45, 7) is 5.15. The Morgan fingerprint density at radius 2 is 1.79 bits per heavy atom. The first-order chi connectivity index (χ1) is 16.2. The monoisotopic (exact) mass is 477 g/mol. The molecule has 1 atom stereocenters. The average molecular weight is 478 g/mol. The Labute approximate surface area is 202 Å². The number of hydrogen-bond acceptors (Lipinski definition) is 6. The van der Waals surface area contributed by atoms with Crippen molar-refractivity contribution in [2.75, 3.05) is 12.4 Å². The zero-order valence-corrected chi connectivity index (χ0v) is 20.1. The van der Waals surface area contributed by atoms with Gasteiger partial charge in [0.05, 0.1) is 22.3 Å². The summed E-state index contributed by atoms with van der Waals surface area (Å²) in [5.74, 6) is 0.0303. The summed E-state index contributed by atoms with van der Waals surface area (Å²) in [5.41, 5.74) is 3.24. The minimum Gasteiger partial charge on any atom is -0.382 e. The molecule has 0 bridgehead atoms. The number of aliphatic hydroxyl groups is 1. The third kappa shape index (κ3) is 4.90. The van der Waals surface area contributed by atoms with Crippen molar-refractivity contribution in [3.05, 3.63) is 82.8 Å². The van der Waals surface area contributed by atoms with Crippen molar-refractivity contribution < 1.29 is 9.50 Å². The molecule has 2 heterocycles. The standard InChI is InChI=1S/C26H25ClFN5O/c1-15(19-9-16(11-29-4)5-7-22(19)28)33-24-20-10-17(6-8-23(20)30-14-21(24)27)18-12-31-25(32-13-18)26(2,3)34/h5-15,34H,1-4H3,(H,30,33)/b29-11+/t15-/m1/s1. The third-order valence-corrected chi connectivity index (χ3v) is 5.77. The van der Waals surface area contributed by atoms with Crippen LogP contribution in [0.25, 0.3) is 22.0 Å². The summed E-state index contributed by atoms with van der Waals surface area (Å²) in [4.78, 5) is 17.0. The minimum absolute atomic E-state index is 0.313. The molecule has 0 amide bonds. The van der Waals surface area contributed by atoms with Gasteiger partial charge in [-0.3, -0.25) is 9.98 Å². The first-order valence-corrected chi connectivity index (χ1v) is 11.2. The molecule has 34 heavy (non-hydrogen) atoms. The second kappa shape index (κ2) is 9.44. The van der Waals surface area contributed by atoms with E-state index in [1.54, 1.807) is 57.8 Å². The number of aliphatic imine (C=N–C) groups is 1. The predicted octanol–water partition coefficient (Wildman–Crippen LogP) is 5.93. The van der Waals surface area contributed by atoms with E-state index in [2.05, 4.69) is 25.3 Å². The molecule has 2 aromatic heterocycles. The van der Waals surface area contributed by atoms with Crippen LogP contribution in [0.4, 0.5) is 10.1 Å². The van der Waals surface area contributed by atoms with Crippen LogP contribution in [0.5, 0.6) is 0 Å². The number of halogens is 2. The summed E-state index contributed by atoms with van der Waals surface area (Å²) in [5, 5.41) is 14.7. The van der Waals surface area contributed by atoms with Crippen molar-refractivity contribution >= 4 is 34.4 Å². The highest BCUT2D eigenvalue weighted by Crippen LogP contribution is 2.35. The average Bonchev–Trinajstić information content (AvgIpc) is 2.81. The van der Waals surface area contributed by atoms with Crippen LogP contribution in [0.15, 0.2) is 60.0 Å². The van der Waals surface area contributed by atoms with E-state index < -0.39 is 5.60 Å². The summed E-state index contributed by atoms with van der Waals surface area (Å²) in [6.07, 6.45) is 6.61. The van der Waals surface area contributed by atoms with Gasteiger partial charge in [-0.1, -0.05) is 23.7 Å². The first kappa shape index (κ1) is 23.7. The summed E-state index contributed by atoms with van der Waals surface area (Å²) in [6, 6.07) is 10.3. The fraction of sp³-hybridized carbons (Fsp3) is 0.231. The van der Waals surface area contributed by atoms with Gasteiger partial charge in [0, 0.05) is 48.4 Å². The Hall–Kier alpha value is -3.42. The number of nitrogens with zero attached hydrogens (tertiary/aromatic N) is 4. The van der Waals surface area contributed by atoms with E-state index in [0.29, 0.717) is 22.1 Å². The lowest BCUT2D eigenvalue weighted by atomic mass is 10.0. The molecule has 0 aliphatic rings. The van der Waals surface area contributed by atoms with E-state index >= 15 is 0 Å². The van der Waals surface area contributed by atoms with Crippen molar-refractivity contribution in [1.82, 2.24) is 15.0 Å². The Morgan fingerprint density at radius 3 is 2.47 bits per heavy atom. The highest BCUT2D eigenvalue weighted by atomic mass is 35.5. The van der Waals surface area contributed by atoms with Crippen LogP contribution in [-0.4, -0.2) is 33.3 Å². The molecule has 0 saturated carbocycles. The van der Waals surface area contributed by atoms with E-state index in [9.17, 15) is 9.50 Å². The van der Waals surface area contributed by atoms with Gasteiger partial charge in [0.25, 0.3) is 0 Å². The maximum atomic E-state index is 14.6. The number of benzene rings is 2. The van der Waals surface area contributed by atoms with Crippen molar-refractivity contribution in [1.29, 1.82) is 0 Å². The van der Waals surface area contributed by atoms with Gasteiger partial charge < -0.3 is 10.4 Å². The van der Waals surface area contributed by atoms with Crippen molar-refractivity contribution in [2.24, 2.45) is 4.99 Å². The van der Waals surface area contributed by atoms with Gasteiger partial charge in [-0.2, -0.15) is 0 Å². The molecule has 0 radical (unpaired) electrons. The predicted molar refractivity (Wildman–Crippen MR) is 135 cm³/mol. The number of fused-ring (bicyclic) bond motifs is 1. The fourth-order valence-electron chi connectivity index (χ4n) is 3.71. The molecule has 8 heteroatoms. The van der Waals surface area contributed by atoms with Crippen molar-refractivity contribution in [3.63, 3.8) is 0 Å². The molecule has 0 spiro atoms. The maximum absolute atomic E-state index is 14.6. The van der Waals surface area contributed by atoms with Gasteiger partial charge in [-0.25, -0.2) is 14.4 Å². The molecule has 0 saturated heterocycles. The Bertz CT molecular complexity index is 1370. The highest BCUT2D eigenvalue weighted by molar-refractivity contribution is 6.34. The molecular weight excluding hydrogens is 453 g/mol. The van der Waals surface area contributed by atoms with Crippen LogP contribution in [0.1, 0.15) is 43.8 Å². The molecule has 0 aliphatic carbocycles. The molecule has 0 unspecified atom stereocenters. The topological polar surface area (TPSA) is 83.3 Å². The molecule has 174 valence electrons. The third-order valence-electron chi connectivity index (χ3n) is 5.48. The van der Waals surface area contributed by atoms with E-state index in [1.807, 2.05) is 25.1 Å². The van der Waals surface area contributed by atoms with E-state index in [4.69, 9.17) is 11.6 Å². The number of nitrogens with one attached hydrogen (secondary N) is 1. The first-order valence-electron chi connectivity index (χ1n) is 10.8. The maximum Gasteiger partial charge on any atom is 0.159 e. The van der Waals surface area contributed by atoms with Gasteiger partial charge >= 0.3 is 0 Å². The zero-order valence-electron chi connectivity index (χ0n) is 19.3. The van der Waals surface area contributed by atoms with Crippen LogP contribution >= 0.6 is 11.6 Å². The van der Waals surface area contributed by atoms with E-state index in [0.717, 1.165) is 27.6 Å². The SMILES string of the molecule is C/N=C/c1ccc(F)c([C@@H](C)Nc2c(Cl)cnc3ccc(-c4cnc(C(C)(C)O)nc4)cc23)c1. The molecule has 4 aromatic rings. The molecule has 2 N–H and O–H groups in total. The van der Waals surface area contributed by atoms with Gasteiger partial charge in [-0.05, 0) is 56.2 Å². The number of aromatic nitrogens is 3. The molecular formula is C26H25ClFN5O. The second-order valence-corrected chi connectivity index (χ2v) is 9.01. The van der Waals surface area contributed by atoms with E-state index in [-0.39, 0.29) is 11.9 Å². The summed E-state index contributed by atoms with van der Waals surface area (Å²) < 4.78 is 14.6. The van der Waals surface area contributed by atoms with Gasteiger partial charge in [0.15, 0.2) is 5.82 Å². The van der Waals surface area contributed by atoms with Gasteiger partial charge in [0.1, 0.15) is 11.4 Å². The van der Waals surface area contributed by atoms with Crippen LogP contribution in [0, 0.1) is 5.82 Å². The molecule has 0 aliphatic heterocycles. The minimum atomic E-state index is -1.12.